The van der Waals surface area contributed by atoms with Gasteiger partial charge in [-0.05, 0) is 13.3 Å². The highest BCUT2D eigenvalue weighted by atomic mass is 16.1. The molecule has 0 saturated heterocycles. The summed E-state index contributed by atoms with van der Waals surface area (Å²) in [6.07, 6.45) is 5.57. The second-order valence-electron chi connectivity index (χ2n) is 3.08. The van der Waals surface area contributed by atoms with Crippen LogP contribution in [0.3, 0.4) is 0 Å². The van der Waals surface area contributed by atoms with Crippen molar-refractivity contribution in [1.29, 1.82) is 0 Å². The number of hydrogen-bond donors (Lipinski definition) is 0. The summed E-state index contributed by atoms with van der Waals surface area (Å²) < 4.78 is 0. The SMILES string of the molecule is C=C(C)C(C=O)CCCCC. The van der Waals surface area contributed by atoms with E-state index in [1.54, 1.807) is 0 Å². The van der Waals surface area contributed by atoms with Crippen molar-refractivity contribution < 1.29 is 4.79 Å². The lowest BCUT2D eigenvalue weighted by Crippen LogP contribution is -2.02. The lowest BCUT2D eigenvalue weighted by atomic mass is 9.97. The van der Waals surface area contributed by atoms with E-state index in [2.05, 4.69) is 13.5 Å². The minimum absolute atomic E-state index is 0.0987. The van der Waals surface area contributed by atoms with Crippen LogP contribution in [-0.4, -0.2) is 6.29 Å². The molecule has 0 saturated carbocycles. The van der Waals surface area contributed by atoms with Crippen molar-refractivity contribution in [3.05, 3.63) is 12.2 Å². The molecule has 11 heavy (non-hydrogen) atoms. The van der Waals surface area contributed by atoms with Crippen molar-refractivity contribution in [2.75, 3.05) is 0 Å². The maximum atomic E-state index is 10.5. The standard InChI is InChI=1S/C10H18O/c1-4-5-6-7-10(8-11)9(2)3/h8,10H,2,4-7H2,1,3H3. The number of allylic oxidation sites excluding steroid dienone is 1. The maximum absolute atomic E-state index is 10.5. The molecule has 0 spiro atoms. The van der Waals surface area contributed by atoms with Gasteiger partial charge in [0.1, 0.15) is 6.29 Å². The van der Waals surface area contributed by atoms with Gasteiger partial charge in [-0.3, -0.25) is 0 Å². The first-order chi connectivity index (χ1) is 5.22. The van der Waals surface area contributed by atoms with Gasteiger partial charge in [-0.15, -0.1) is 0 Å². The van der Waals surface area contributed by atoms with Gasteiger partial charge in [-0.2, -0.15) is 0 Å². The Morgan fingerprint density at radius 1 is 1.55 bits per heavy atom. The molecule has 0 aromatic carbocycles. The van der Waals surface area contributed by atoms with Crippen molar-refractivity contribution >= 4 is 6.29 Å². The Kier molecular flexibility index (Phi) is 5.81. The second kappa shape index (κ2) is 6.14. The highest BCUT2D eigenvalue weighted by Crippen LogP contribution is 2.14. The molecule has 1 heteroatoms. The van der Waals surface area contributed by atoms with Crippen molar-refractivity contribution in [3.8, 4) is 0 Å². The average Bonchev–Trinajstić information content (AvgIpc) is 1.97. The Bertz CT molecular complexity index is 127. The van der Waals surface area contributed by atoms with Crippen LogP contribution in [0.1, 0.15) is 39.5 Å². The zero-order valence-electron chi connectivity index (χ0n) is 7.60. The second-order valence-corrected chi connectivity index (χ2v) is 3.08. The summed E-state index contributed by atoms with van der Waals surface area (Å²) >= 11 is 0. The van der Waals surface area contributed by atoms with E-state index in [4.69, 9.17) is 0 Å². The molecule has 0 rings (SSSR count). The van der Waals surface area contributed by atoms with Crippen molar-refractivity contribution in [2.45, 2.75) is 39.5 Å². The fourth-order valence-electron chi connectivity index (χ4n) is 1.04. The first-order valence-electron chi connectivity index (χ1n) is 4.33. The van der Waals surface area contributed by atoms with Gasteiger partial charge >= 0.3 is 0 Å². The van der Waals surface area contributed by atoms with Gasteiger partial charge in [0.2, 0.25) is 0 Å². The van der Waals surface area contributed by atoms with Gasteiger partial charge in [0.15, 0.2) is 0 Å². The summed E-state index contributed by atoms with van der Waals surface area (Å²) in [6.45, 7) is 7.86. The minimum atomic E-state index is 0.0987. The number of unbranched alkanes of at least 4 members (excludes halogenated alkanes) is 2. The molecule has 0 aliphatic carbocycles. The number of hydrogen-bond acceptors (Lipinski definition) is 1. The highest BCUT2D eigenvalue weighted by molar-refractivity contribution is 5.57. The zero-order chi connectivity index (χ0) is 8.69. The topological polar surface area (TPSA) is 17.1 Å². The van der Waals surface area contributed by atoms with E-state index in [1.165, 1.54) is 12.8 Å². The molecule has 0 N–H and O–H groups in total. The van der Waals surface area contributed by atoms with E-state index in [0.29, 0.717) is 0 Å². The number of rotatable bonds is 6. The number of carbonyl (C=O) groups excluding carboxylic acids is 1. The normalized spacial score (nSPS) is 12.5. The third-order valence-corrected chi connectivity index (χ3v) is 1.92. The minimum Gasteiger partial charge on any atom is -0.303 e. The molecular formula is C10H18O. The monoisotopic (exact) mass is 154 g/mol. The van der Waals surface area contributed by atoms with Crippen molar-refractivity contribution in [1.82, 2.24) is 0 Å². The summed E-state index contributed by atoms with van der Waals surface area (Å²) in [7, 11) is 0. The summed E-state index contributed by atoms with van der Waals surface area (Å²) in [5.41, 5.74) is 0.996. The molecule has 0 aromatic heterocycles. The molecule has 0 bridgehead atoms. The average molecular weight is 154 g/mol. The van der Waals surface area contributed by atoms with Gasteiger partial charge < -0.3 is 4.79 Å². The summed E-state index contributed by atoms with van der Waals surface area (Å²) in [5.74, 6) is 0.0987. The summed E-state index contributed by atoms with van der Waals surface area (Å²) in [6, 6.07) is 0. The van der Waals surface area contributed by atoms with E-state index in [9.17, 15) is 4.79 Å². The van der Waals surface area contributed by atoms with E-state index in [0.717, 1.165) is 24.7 Å². The summed E-state index contributed by atoms with van der Waals surface area (Å²) in [4.78, 5) is 10.5. The third-order valence-electron chi connectivity index (χ3n) is 1.92. The van der Waals surface area contributed by atoms with Crippen LogP contribution in [0.2, 0.25) is 0 Å². The molecule has 0 radical (unpaired) electrons. The fraction of sp³-hybridized carbons (Fsp3) is 0.700. The first-order valence-corrected chi connectivity index (χ1v) is 4.33. The van der Waals surface area contributed by atoms with Crippen LogP contribution in [0, 0.1) is 5.92 Å². The quantitative estimate of drug-likeness (QED) is 0.326. The van der Waals surface area contributed by atoms with Crippen LogP contribution in [0.5, 0.6) is 0 Å². The van der Waals surface area contributed by atoms with Crippen LogP contribution >= 0.6 is 0 Å². The van der Waals surface area contributed by atoms with Crippen molar-refractivity contribution in [3.63, 3.8) is 0 Å². The molecular weight excluding hydrogens is 136 g/mol. The van der Waals surface area contributed by atoms with E-state index < -0.39 is 0 Å². The van der Waals surface area contributed by atoms with Gasteiger partial charge in [-0.25, -0.2) is 0 Å². The van der Waals surface area contributed by atoms with Crippen LogP contribution in [0.4, 0.5) is 0 Å². The number of aldehydes is 1. The first kappa shape index (κ1) is 10.4. The van der Waals surface area contributed by atoms with Gasteiger partial charge in [0.25, 0.3) is 0 Å². The molecule has 0 heterocycles. The molecule has 1 nitrogen and oxygen atoms in total. The molecule has 0 aromatic rings. The molecule has 0 amide bonds. The zero-order valence-corrected chi connectivity index (χ0v) is 7.60. The van der Waals surface area contributed by atoms with Crippen LogP contribution in [0.15, 0.2) is 12.2 Å². The Morgan fingerprint density at radius 2 is 2.18 bits per heavy atom. The molecule has 64 valence electrons. The predicted octanol–water partition coefficient (Wildman–Crippen LogP) is 2.96. The Balaban J connectivity index is 3.52. The third kappa shape index (κ3) is 4.77. The molecule has 1 atom stereocenters. The van der Waals surface area contributed by atoms with Gasteiger partial charge in [0, 0.05) is 5.92 Å². The van der Waals surface area contributed by atoms with E-state index in [1.807, 2.05) is 6.92 Å². The number of carbonyl (C=O) groups is 1. The Hall–Kier alpha value is -0.590. The fourth-order valence-corrected chi connectivity index (χ4v) is 1.04. The maximum Gasteiger partial charge on any atom is 0.127 e. The molecule has 1 unspecified atom stereocenters. The Labute approximate surface area is 69.5 Å². The predicted molar refractivity (Wildman–Crippen MR) is 48.5 cm³/mol. The van der Waals surface area contributed by atoms with E-state index in [-0.39, 0.29) is 5.92 Å². The lowest BCUT2D eigenvalue weighted by Gasteiger charge is -2.07. The molecule has 0 aliphatic heterocycles. The summed E-state index contributed by atoms with van der Waals surface area (Å²) in [5, 5.41) is 0. The Morgan fingerprint density at radius 3 is 2.55 bits per heavy atom. The van der Waals surface area contributed by atoms with Crippen LogP contribution in [-0.2, 0) is 4.79 Å². The van der Waals surface area contributed by atoms with E-state index >= 15 is 0 Å². The van der Waals surface area contributed by atoms with Gasteiger partial charge in [0.05, 0.1) is 0 Å². The largest absolute Gasteiger partial charge is 0.303 e. The smallest absolute Gasteiger partial charge is 0.127 e. The molecule has 0 fully saturated rings. The highest BCUT2D eigenvalue weighted by Gasteiger charge is 2.05. The van der Waals surface area contributed by atoms with Crippen LogP contribution in [0.25, 0.3) is 0 Å². The van der Waals surface area contributed by atoms with Crippen LogP contribution < -0.4 is 0 Å². The van der Waals surface area contributed by atoms with Crippen molar-refractivity contribution in [2.24, 2.45) is 5.92 Å². The van der Waals surface area contributed by atoms with Gasteiger partial charge in [-0.1, -0.05) is 38.3 Å². The lowest BCUT2D eigenvalue weighted by molar-refractivity contribution is -0.110. The molecule has 0 aliphatic rings.